The summed E-state index contributed by atoms with van der Waals surface area (Å²) in [6, 6.07) is 0. The summed E-state index contributed by atoms with van der Waals surface area (Å²) in [6.45, 7) is 0. The van der Waals surface area contributed by atoms with Gasteiger partial charge in [0.15, 0.2) is 0 Å². The largest absolute Gasteiger partial charge is 0.426 e. The third-order valence-electron chi connectivity index (χ3n) is 0.310. The molecule has 0 aliphatic heterocycles. The van der Waals surface area contributed by atoms with Gasteiger partial charge in [0.2, 0.25) is 0 Å². The van der Waals surface area contributed by atoms with E-state index >= 15 is 0 Å². The molecule has 0 bridgehead atoms. The van der Waals surface area contributed by atoms with Crippen LogP contribution in [-0.4, -0.2) is 5.48 Å². The van der Waals surface area contributed by atoms with Gasteiger partial charge in [0.05, 0.1) is 0 Å². The van der Waals surface area contributed by atoms with E-state index in [0.29, 0.717) is 0 Å². The van der Waals surface area contributed by atoms with Gasteiger partial charge >= 0.3 is 11.3 Å². The maximum Gasteiger partial charge on any atom is 0.426 e. The molecule has 0 radical (unpaired) electrons. The van der Waals surface area contributed by atoms with Crippen molar-refractivity contribution in [3.63, 3.8) is 0 Å². The van der Waals surface area contributed by atoms with Crippen molar-refractivity contribution in [1.82, 2.24) is 0 Å². The van der Waals surface area contributed by atoms with Crippen molar-refractivity contribution in [3.05, 3.63) is 20.8 Å². The van der Waals surface area contributed by atoms with Crippen LogP contribution in [0.1, 0.15) is 0 Å². The van der Waals surface area contributed by atoms with Crippen LogP contribution in [-0.2, 0) is 0 Å². The van der Waals surface area contributed by atoms with Crippen LogP contribution >= 0.6 is 0 Å². The summed E-state index contributed by atoms with van der Waals surface area (Å²) in [5, 5.41) is 0. The molecule has 1 heterocycles. The summed E-state index contributed by atoms with van der Waals surface area (Å²) in [6.07, 6.45) is 0. The minimum absolute atomic E-state index is 0. The van der Waals surface area contributed by atoms with Gasteiger partial charge in [0.25, 0.3) is 0 Å². The Morgan fingerprint density at radius 3 is 1.33 bits per heavy atom. The highest BCUT2D eigenvalue weighted by molar-refractivity contribution is 4.65. The van der Waals surface area contributed by atoms with Crippen LogP contribution in [0.5, 0.6) is 0 Å². The molecule has 1 aromatic heterocycles. The standard InChI is InChI=1S/C2O3.H2O/c3-1-2(4)5-1;/h;1H2. The molecule has 1 rings (SSSR count). The van der Waals surface area contributed by atoms with E-state index in [-0.39, 0.29) is 5.48 Å². The lowest BCUT2D eigenvalue weighted by atomic mass is 11.1. The fourth-order valence-electron chi connectivity index (χ4n) is 0.0587. The molecule has 0 saturated carbocycles. The third-order valence-corrected chi connectivity index (χ3v) is 0.310. The van der Waals surface area contributed by atoms with Crippen molar-refractivity contribution < 1.29 is 9.89 Å². The van der Waals surface area contributed by atoms with Crippen LogP contribution in [0.15, 0.2) is 14.0 Å². The predicted molar refractivity (Wildman–Crippen MR) is 17.2 cm³/mol. The first-order chi connectivity index (χ1) is 2.30. The zero-order valence-corrected chi connectivity index (χ0v) is 2.72. The van der Waals surface area contributed by atoms with Crippen LogP contribution in [0.2, 0.25) is 0 Å². The highest BCUT2D eigenvalue weighted by Gasteiger charge is 2.02. The van der Waals surface area contributed by atoms with Crippen molar-refractivity contribution >= 4 is 0 Å². The fraction of sp³-hybridized carbons (Fsp3) is 0. The summed E-state index contributed by atoms with van der Waals surface area (Å²) in [7, 11) is 0. The van der Waals surface area contributed by atoms with Crippen LogP contribution in [0.3, 0.4) is 0 Å². The summed E-state index contributed by atoms with van der Waals surface area (Å²) in [5.74, 6) is 0. The Kier molecular flexibility index (Phi) is 0.900. The van der Waals surface area contributed by atoms with Crippen molar-refractivity contribution in [2.24, 2.45) is 0 Å². The van der Waals surface area contributed by atoms with Gasteiger partial charge in [-0.25, -0.2) is 9.59 Å². The van der Waals surface area contributed by atoms with Crippen molar-refractivity contribution in [3.8, 4) is 0 Å². The lowest BCUT2D eigenvalue weighted by Crippen LogP contribution is -1.88. The molecular weight excluding hydrogens is 88.0 g/mol. The lowest BCUT2D eigenvalue weighted by molar-refractivity contribution is 0.650. The molecule has 0 spiro atoms. The van der Waals surface area contributed by atoms with Crippen molar-refractivity contribution in [1.29, 1.82) is 0 Å². The normalized spacial score (nSPS) is 8.00. The second kappa shape index (κ2) is 1.06. The molecule has 2 N–H and O–H groups in total. The first-order valence-corrected chi connectivity index (χ1v) is 1.07. The van der Waals surface area contributed by atoms with Crippen LogP contribution in [0.25, 0.3) is 0 Å². The van der Waals surface area contributed by atoms with Gasteiger partial charge in [-0.05, 0) is 0 Å². The molecular formula is C2H2O4. The molecule has 0 aromatic carbocycles. The Balaban J connectivity index is 0.000000250. The summed E-state index contributed by atoms with van der Waals surface area (Å²) < 4.78 is 3.64. The smallest absolute Gasteiger partial charge is 0.412 e. The van der Waals surface area contributed by atoms with E-state index in [1.165, 1.54) is 0 Å². The second-order valence-corrected chi connectivity index (χ2v) is 0.677. The molecule has 0 saturated heterocycles. The Hall–Kier alpha value is -0.900. The summed E-state index contributed by atoms with van der Waals surface area (Å²) in [4.78, 5) is 18.6. The minimum Gasteiger partial charge on any atom is -0.412 e. The summed E-state index contributed by atoms with van der Waals surface area (Å²) in [5.41, 5.74) is -1.44. The topological polar surface area (TPSA) is 78.8 Å². The maximum atomic E-state index is 9.31. The van der Waals surface area contributed by atoms with E-state index in [1.54, 1.807) is 0 Å². The van der Waals surface area contributed by atoms with E-state index in [2.05, 4.69) is 4.42 Å². The zero-order chi connectivity index (χ0) is 3.86. The van der Waals surface area contributed by atoms with Gasteiger partial charge < -0.3 is 9.89 Å². The number of hydrogen-bond donors (Lipinski definition) is 0. The molecule has 0 aliphatic rings. The molecule has 0 amide bonds. The van der Waals surface area contributed by atoms with Gasteiger partial charge in [0.1, 0.15) is 0 Å². The molecule has 4 heteroatoms. The SMILES string of the molecule is O.O=c1oc1=O. The molecule has 4 nitrogen and oxygen atoms in total. The Morgan fingerprint density at radius 2 is 1.33 bits per heavy atom. The van der Waals surface area contributed by atoms with Crippen molar-refractivity contribution in [2.45, 2.75) is 0 Å². The molecule has 6 heavy (non-hydrogen) atoms. The van der Waals surface area contributed by atoms with Gasteiger partial charge in [-0.3, -0.25) is 0 Å². The maximum absolute atomic E-state index is 9.31. The third kappa shape index (κ3) is 0.526. The first kappa shape index (κ1) is 5.10. The monoisotopic (exact) mass is 90.0 g/mol. The number of rotatable bonds is 0. The Labute approximate surface area is 32.0 Å². The molecule has 0 atom stereocenters. The lowest BCUT2D eigenvalue weighted by Gasteiger charge is -1.12. The van der Waals surface area contributed by atoms with E-state index in [9.17, 15) is 9.59 Å². The highest BCUT2D eigenvalue weighted by atomic mass is 16.5. The van der Waals surface area contributed by atoms with Crippen LogP contribution in [0, 0.1) is 0 Å². The van der Waals surface area contributed by atoms with E-state index in [0.717, 1.165) is 0 Å². The molecule has 34 valence electrons. The first-order valence-electron chi connectivity index (χ1n) is 1.07. The quantitative estimate of drug-likeness (QED) is 0.347. The minimum atomic E-state index is -0.718. The van der Waals surface area contributed by atoms with Gasteiger partial charge in [0, 0.05) is 0 Å². The van der Waals surface area contributed by atoms with Crippen molar-refractivity contribution in [2.75, 3.05) is 0 Å². The van der Waals surface area contributed by atoms with E-state index in [4.69, 9.17) is 0 Å². The highest BCUT2D eigenvalue weighted by Crippen LogP contribution is 1.44. The second-order valence-electron chi connectivity index (χ2n) is 0.677. The van der Waals surface area contributed by atoms with E-state index < -0.39 is 11.3 Å². The Morgan fingerprint density at radius 1 is 1.17 bits per heavy atom. The van der Waals surface area contributed by atoms with Crippen LogP contribution in [0.4, 0.5) is 0 Å². The fourth-order valence-corrected chi connectivity index (χ4v) is 0.0587. The zero-order valence-electron chi connectivity index (χ0n) is 2.72. The summed E-state index contributed by atoms with van der Waals surface area (Å²) >= 11 is 0. The predicted octanol–water partition coefficient (Wildman–Crippen LogP) is -1.95. The average molecular weight is 90.0 g/mol. The van der Waals surface area contributed by atoms with Crippen LogP contribution < -0.4 is 11.3 Å². The number of hydrogen-bond acceptors (Lipinski definition) is 3. The molecule has 0 unspecified atom stereocenters. The molecule has 0 aliphatic carbocycles. The van der Waals surface area contributed by atoms with Gasteiger partial charge in [-0.15, -0.1) is 0 Å². The average Bonchev–Trinajstić information content (AvgIpc) is 1.79. The van der Waals surface area contributed by atoms with Gasteiger partial charge in [-0.1, -0.05) is 0 Å². The Bertz CT molecular complexity index is 156. The van der Waals surface area contributed by atoms with Gasteiger partial charge in [-0.2, -0.15) is 0 Å². The molecule has 0 fully saturated rings. The molecule has 1 aromatic rings. The van der Waals surface area contributed by atoms with E-state index in [1.807, 2.05) is 0 Å².